The van der Waals surface area contributed by atoms with E-state index in [1.807, 2.05) is 24.3 Å². The molecule has 0 aliphatic rings. The lowest BCUT2D eigenvalue weighted by Gasteiger charge is -2.07. The number of ether oxygens (including phenoxy) is 2. The van der Waals surface area contributed by atoms with Crippen LogP contribution in [0, 0.1) is 0 Å². The fourth-order valence-corrected chi connectivity index (χ4v) is 2.38. The van der Waals surface area contributed by atoms with Crippen molar-refractivity contribution in [2.24, 2.45) is 0 Å². The Balaban J connectivity index is 1.98. The van der Waals surface area contributed by atoms with Gasteiger partial charge >= 0.3 is 11.9 Å². The maximum atomic E-state index is 11.9. The van der Waals surface area contributed by atoms with E-state index in [2.05, 4.69) is 13.8 Å². The van der Waals surface area contributed by atoms with Crippen LogP contribution in [0.1, 0.15) is 60.2 Å². The summed E-state index contributed by atoms with van der Waals surface area (Å²) in [6.45, 7) is 5.01. The van der Waals surface area contributed by atoms with Crippen LogP contribution in [0.4, 0.5) is 0 Å². The SMILES string of the molecule is CCCCOC(=O)c1ccc(-c2ccc(C(=O)OCCCC)cc2)cc1. The van der Waals surface area contributed by atoms with Gasteiger partial charge in [0.05, 0.1) is 24.3 Å². The molecule has 0 N–H and O–H groups in total. The molecular formula is C22H26O4. The highest BCUT2D eigenvalue weighted by atomic mass is 16.5. The van der Waals surface area contributed by atoms with Crippen LogP contribution >= 0.6 is 0 Å². The van der Waals surface area contributed by atoms with Gasteiger partial charge in [-0.1, -0.05) is 51.0 Å². The zero-order valence-corrected chi connectivity index (χ0v) is 15.5. The van der Waals surface area contributed by atoms with E-state index in [4.69, 9.17) is 9.47 Å². The molecule has 0 spiro atoms. The molecule has 0 atom stereocenters. The third-order valence-electron chi connectivity index (χ3n) is 4.04. The highest BCUT2D eigenvalue weighted by Gasteiger charge is 2.09. The molecule has 0 aliphatic carbocycles. The van der Waals surface area contributed by atoms with Crippen LogP contribution < -0.4 is 0 Å². The molecule has 26 heavy (non-hydrogen) atoms. The predicted molar refractivity (Wildman–Crippen MR) is 102 cm³/mol. The summed E-state index contributed by atoms with van der Waals surface area (Å²) in [5.74, 6) is -0.592. The van der Waals surface area contributed by atoms with Gasteiger partial charge in [0, 0.05) is 0 Å². The lowest BCUT2D eigenvalue weighted by Crippen LogP contribution is -2.06. The summed E-state index contributed by atoms with van der Waals surface area (Å²) in [5.41, 5.74) is 3.03. The van der Waals surface area contributed by atoms with Crippen LogP contribution in [0.25, 0.3) is 11.1 Å². The molecule has 2 aromatic carbocycles. The summed E-state index contributed by atoms with van der Waals surface area (Å²) in [4.78, 5) is 23.8. The van der Waals surface area contributed by atoms with E-state index < -0.39 is 0 Å². The molecule has 0 aromatic heterocycles. The van der Waals surface area contributed by atoms with Gasteiger partial charge < -0.3 is 9.47 Å². The Morgan fingerprint density at radius 3 is 1.31 bits per heavy atom. The Kier molecular flexibility index (Phi) is 7.87. The molecule has 0 fully saturated rings. The minimum atomic E-state index is -0.296. The monoisotopic (exact) mass is 354 g/mol. The van der Waals surface area contributed by atoms with Crippen LogP contribution in [0.15, 0.2) is 48.5 Å². The third kappa shape index (κ3) is 5.73. The number of rotatable bonds is 9. The first kappa shape index (κ1) is 19.7. The number of benzene rings is 2. The molecule has 0 saturated heterocycles. The normalized spacial score (nSPS) is 10.4. The van der Waals surface area contributed by atoms with Gasteiger partial charge in [0.25, 0.3) is 0 Å². The molecule has 2 rings (SSSR count). The van der Waals surface area contributed by atoms with Crippen molar-refractivity contribution in [2.75, 3.05) is 13.2 Å². The van der Waals surface area contributed by atoms with Crippen LogP contribution in [0.5, 0.6) is 0 Å². The number of hydrogen-bond donors (Lipinski definition) is 0. The van der Waals surface area contributed by atoms with E-state index in [-0.39, 0.29) is 11.9 Å². The van der Waals surface area contributed by atoms with E-state index in [1.165, 1.54) is 0 Å². The molecule has 4 nitrogen and oxygen atoms in total. The van der Waals surface area contributed by atoms with E-state index in [1.54, 1.807) is 24.3 Å². The van der Waals surface area contributed by atoms with Crippen molar-refractivity contribution < 1.29 is 19.1 Å². The lowest BCUT2D eigenvalue weighted by atomic mass is 10.0. The number of carbonyl (C=O) groups excluding carboxylic acids is 2. The third-order valence-corrected chi connectivity index (χ3v) is 4.04. The molecule has 0 saturated carbocycles. The Labute approximate surface area is 155 Å². The topological polar surface area (TPSA) is 52.6 Å². The lowest BCUT2D eigenvalue weighted by molar-refractivity contribution is 0.0490. The van der Waals surface area contributed by atoms with Gasteiger partial charge in [-0.2, -0.15) is 0 Å². The van der Waals surface area contributed by atoms with E-state index >= 15 is 0 Å². The molecule has 0 radical (unpaired) electrons. The average Bonchev–Trinajstić information content (AvgIpc) is 2.68. The minimum absolute atomic E-state index is 0.296. The zero-order chi connectivity index (χ0) is 18.8. The second-order valence-corrected chi connectivity index (χ2v) is 6.13. The second-order valence-electron chi connectivity index (χ2n) is 6.13. The van der Waals surface area contributed by atoms with Crippen LogP contribution in [0.3, 0.4) is 0 Å². The Bertz CT molecular complexity index is 638. The first-order valence-electron chi connectivity index (χ1n) is 9.20. The zero-order valence-electron chi connectivity index (χ0n) is 15.5. The first-order valence-corrected chi connectivity index (χ1v) is 9.20. The molecule has 0 aliphatic heterocycles. The van der Waals surface area contributed by atoms with Crippen molar-refractivity contribution in [3.63, 3.8) is 0 Å². The standard InChI is InChI=1S/C22H26O4/c1-3-5-15-25-21(23)19-11-7-17(8-12-19)18-9-13-20(14-10-18)22(24)26-16-6-4-2/h7-14H,3-6,15-16H2,1-2H3. The van der Waals surface area contributed by atoms with Crippen LogP contribution in [-0.2, 0) is 9.47 Å². The fraction of sp³-hybridized carbons (Fsp3) is 0.364. The summed E-state index contributed by atoms with van der Waals surface area (Å²) in [6, 6.07) is 14.6. The van der Waals surface area contributed by atoms with Crippen molar-refractivity contribution in [2.45, 2.75) is 39.5 Å². The van der Waals surface area contributed by atoms with Crippen LogP contribution in [-0.4, -0.2) is 25.2 Å². The fourth-order valence-electron chi connectivity index (χ4n) is 2.38. The maximum absolute atomic E-state index is 11.9. The first-order chi connectivity index (χ1) is 12.7. The molecule has 0 amide bonds. The Morgan fingerprint density at radius 2 is 1.00 bits per heavy atom. The number of hydrogen-bond acceptors (Lipinski definition) is 4. The molecule has 0 unspecified atom stereocenters. The second kappa shape index (κ2) is 10.4. The molecule has 138 valence electrons. The van der Waals surface area contributed by atoms with Gasteiger partial charge in [-0.25, -0.2) is 9.59 Å². The van der Waals surface area contributed by atoms with E-state index in [9.17, 15) is 9.59 Å². The Morgan fingerprint density at radius 1 is 0.654 bits per heavy atom. The summed E-state index contributed by atoms with van der Waals surface area (Å²) in [7, 11) is 0. The summed E-state index contributed by atoms with van der Waals surface area (Å²) in [5, 5.41) is 0. The van der Waals surface area contributed by atoms with Crippen molar-refractivity contribution in [1.29, 1.82) is 0 Å². The molecule has 0 bridgehead atoms. The summed E-state index contributed by atoms with van der Waals surface area (Å²) < 4.78 is 10.4. The quantitative estimate of drug-likeness (QED) is 0.455. The maximum Gasteiger partial charge on any atom is 0.338 e. The van der Waals surface area contributed by atoms with Gasteiger partial charge in [0.15, 0.2) is 0 Å². The van der Waals surface area contributed by atoms with E-state index in [0.717, 1.165) is 36.8 Å². The number of unbranched alkanes of at least 4 members (excludes halogenated alkanes) is 2. The minimum Gasteiger partial charge on any atom is -0.462 e. The average molecular weight is 354 g/mol. The summed E-state index contributed by atoms with van der Waals surface area (Å²) >= 11 is 0. The molecule has 2 aromatic rings. The molecule has 4 heteroatoms. The summed E-state index contributed by atoms with van der Waals surface area (Å²) in [6.07, 6.45) is 3.73. The van der Waals surface area contributed by atoms with Gasteiger partial charge in [-0.15, -0.1) is 0 Å². The highest BCUT2D eigenvalue weighted by Crippen LogP contribution is 2.21. The predicted octanol–water partition coefficient (Wildman–Crippen LogP) is 5.27. The van der Waals surface area contributed by atoms with Crippen molar-refractivity contribution >= 4 is 11.9 Å². The smallest absolute Gasteiger partial charge is 0.338 e. The van der Waals surface area contributed by atoms with Crippen molar-refractivity contribution in [3.8, 4) is 11.1 Å². The molecular weight excluding hydrogens is 328 g/mol. The van der Waals surface area contributed by atoms with Crippen molar-refractivity contribution in [1.82, 2.24) is 0 Å². The Hall–Kier alpha value is -2.62. The van der Waals surface area contributed by atoms with Gasteiger partial charge in [0.1, 0.15) is 0 Å². The number of esters is 2. The molecule has 0 heterocycles. The highest BCUT2D eigenvalue weighted by molar-refractivity contribution is 5.91. The van der Waals surface area contributed by atoms with Crippen molar-refractivity contribution in [3.05, 3.63) is 59.7 Å². The van der Waals surface area contributed by atoms with Gasteiger partial charge in [-0.05, 0) is 48.2 Å². The number of carbonyl (C=O) groups is 2. The van der Waals surface area contributed by atoms with Crippen LogP contribution in [0.2, 0.25) is 0 Å². The largest absolute Gasteiger partial charge is 0.462 e. The van der Waals surface area contributed by atoms with E-state index in [0.29, 0.717) is 24.3 Å². The van der Waals surface area contributed by atoms with Gasteiger partial charge in [0.2, 0.25) is 0 Å². The van der Waals surface area contributed by atoms with Gasteiger partial charge in [-0.3, -0.25) is 0 Å².